The lowest BCUT2D eigenvalue weighted by Gasteiger charge is -2.26. The summed E-state index contributed by atoms with van der Waals surface area (Å²) in [6.45, 7) is 7.14. The Bertz CT molecular complexity index is 1050. The molecular weight excluding hydrogens is 442 g/mol. The molecule has 1 atom stereocenters. The van der Waals surface area contributed by atoms with Crippen molar-refractivity contribution >= 4 is 40.9 Å². The summed E-state index contributed by atoms with van der Waals surface area (Å²) in [5.41, 5.74) is 1.75. The number of nitrogens with one attached hydrogen (secondary N) is 2. The van der Waals surface area contributed by atoms with Crippen LogP contribution in [-0.4, -0.2) is 40.0 Å². The van der Waals surface area contributed by atoms with Crippen LogP contribution in [0, 0.1) is 17.2 Å². The average molecular weight is 472 g/mol. The molecule has 0 aliphatic carbocycles. The molecule has 1 saturated heterocycles. The van der Waals surface area contributed by atoms with Gasteiger partial charge in [0.25, 0.3) is 0 Å². The van der Waals surface area contributed by atoms with E-state index in [-0.39, 0.29) is 0 Å². The standard InChI is InChI=1S/C17H17ClN4S.C7H13NO/c1-12(6-8-22-7-2-3-13(22)10-19)21-23-14-4-5-15-16(18)11-20-17(15)9-14;1-7-2-4-8(6-9)5-3-7/h2-5,7,9,11-12,20-21H,6,8H2,1H3;6-7H,2-5H2,1H3. The molecule has 1 aromatic carbocycles. The average Bonchev–Trinajstić information content (AvgIpc) is 3.43. The van der Waals surface area contributed by atoms with Gasteiger partial charge in [-0.2, -0.15) is 5.26 Å². The number of nitrogens with zero attached hydrogens (tertiary/aromatic N) is 3. The van der Waals surface area contributed by atoms with Crippen LogP contribution in [0.4, 0.5) is 0 Å². The van der Waals surface area contributed by atoms with Crippen LogP contribution in [-0.2, 0) is 11.3 Å². The Hall–Kier alpha value is -2.40. The number of aromatic amines is 1. The number of fused-ring (bicyclic) bond motifs is 1. The van der Waals surface area contributed by atoms with Crippen LogP contribution in [0.25, 0.3) is 10.9 Å². The normalized spacial score (nSPS) is 15.1. The molecule has 0 bridgehead atoms. The van der Waals surface area contributed by atoms with Crippen molar-refractivity contribution in [2.75, 3.05) is 13.1 Å². The Labute approximate surface area is 199 Å². The maximum atomic E-state index is 10.2. The van der Waals surface area contributed by atoms with Crippen LogP contribution in [0.15, 0.2) is 47.6 Å². The van der Waals surface area contributed by atoms with Gasteiger partial charge < -0.3 is 14.5 Å². The zero-order chi connectivity index (χ0) is 22.9. The first kappa shape index (κ1) is 24.2. The number of rotatable bonds is 7. The number of piperidine rings is 1. The fraction of sp³-hybridized carbons (Fsp3) is 0.417. The number of halogens is 1. The van der Waals surface area contributed by atoms with Gasteiger partial charge in [-0.05, 0) is 68.3 Å². The van der Waals surface area contributed by atoms with Crippen LogP contribution in [0.3, 0.4) is 0 Å². The summed E-state index contributed by atoms with van der Waals surface area (Å²) in [5, 5.41) is 10.8. The molecule has 1 aliphatic rings. The molecule has 1 fully saturated rings. The molecule has 6 nitrogen and oxygen atoms in total. The number of H-pyrrole nitrogens is 1. The number of likely N-dealkylation sites (tertiary alicyclic amines) is 1. The van der Waals surface area contributed by atoms with E-state index in [4.69, 9.17) is 16.9 Å². The molecule has 1 unspecified atom stereocenters. The molecule has 3 heterocycles. The summed E-state index contributed by atoms with van der Waals surface area (Å²) < 4.78 is 5.43. The van der Waals surface area contributed by atoms with Crippen molar-refractivity contribution in [2.45, 2.75) is 50.6 Å². The maximum absolute atomic E-state index is 10.2. The maximum Gasteiger partial charge on any atom is 0.209 e. The van der Waals surface area contributed by atoms with E-state index in [1.165, 1.54) is 12.8 Å². The highest BCUT2D eigenvalue weighted by molar-refractivity contribution is 7.97. The first-order chi connectivity index (χ1) is 15.5. The Morgan fingerprint density at radius 2 is 2.16 bits per heavy atom. The van der Waals surface area contributed by atoms with E-state index in [1.807, 2.05) is 33.9 Å². The summed E-state index contributed by atoms with van der Waals surface area (Å²) in [6, 6.07) is 12.5. The Morgan fingerprint density at radius 1 is 1.38 bits per heavy atom. The predicted molar refractivity (Wildman–Crippen MR) is 132 cm³/mol. The van der Waals surface area contributed by atoms with Crippen LogP contribution in [0.5, 0.6) is 0 Å². The SMILES string of the molecule is CC(CCn1cccc1C#N)NSc1ccc2c(Cl)c[nH]c2c1.CC1CCN(C=O)CC1. The van der Waals surface area contributed by atoms with Crippen LogP contribution in [0.2, 0.25) is 5.02 Å². The second-order valence-corrected chi connectivity index (χ2v) is 9.59. The van der Waals surface area contributed by atoms with E-state index in [2.05, 4.69) is 41.8 Å². The molecule has 2 aromatic heterocycles. The highest BCUT2D eigenvalue weighted by atomic mass is 35.5. The van der Waals surface area contributed by atoms with Gasteiger partial charge in [-0.1, -0.05) is 24.6 Å². The number of benzene rings is 1. The minimum Gasteiger partial charge on any atom is -0.360 e. The van der Waals surface area contributed by atoms with Gasteiger partial charge in [0.15, 0.2) is 0 Å². The second-order valence-electron chi connectivity index (χ2n) is 8.28. The monoisotopic (exact) mass is 471 g/mol. The van der Waals surface area contributed by atoms with Gasteiger partial charge in [-0.25, -0.2) is 0 Å². The zero-order valence-electron chi connectivity index (χ0n) is 18.6. The molecule has 32 heavy (non-hydrogen) atoms. The van der Waals surface area contributed by atoms with Crippen molar-refractivity contribution < 1.29 is 4.79 Å². The summed E-state index contributed by atoms with van der Waals surface area (Å²) in [5.74, 6) is 0.821. The van der Waals surface area contributed by atoms with E-state index in [0.717, 1.165) is 59.2 Å². The fourth-order valence-corrected chi connectivity index (χ4v) is 4.53. The second kappa shape index (κ2) is 12.0. The van der Waals surface area contributed by atoms with Gasteiger partial charge in [-0.3, -0.25) is 9.52 Å². The third-order valence-corrected chi connectivity index (χ3v) is 7.02. The quantitative estimate of drug-likeness (QED) is 0.355. The van der Waals surface area contributed by atoms with Crippen molar-refractivity contribution in [3.05, 3.63) is 53.4 Å². The topological polar surface area (TPSA) is 76.8 Å². The number of nitriles is 1. The molecule has 1 aliphatic heterocycles. The van der Waals surface area contributed by atoms with Crippen LogP contribution >= 0.6 is 23.5 Å². The lowest BCUT2D eigenvalue weighted by molar-refractivity contribution is -0.119. The number of carbonyl (C=O) groups is 1. The summed E-state index contributed by atoms with van der Waals surface area (Å²) in [6.07, 6.45) is 8.01. The van der Waals surface area contributed by atoms with Crippen molar-refractivity contribution in [3.8, 4) is 6.07 Å². The highest BCUT2D eigenvalue weighted by Gasteiger charge is 2.12. The molecule has 1 amide bonds. The third kappa shape index (κ3) is 6.80. The van der Waals surface area contributed by atoms with Crippen LogP contribution in [0.1, 0.15) is 38.8 Å². The largest absolute Gasteiger partial charge is 0.360 e. The number of aromatic nitrogens is 2. The number of hydrogen-bond donors (Lipinski definition) is 2. The Kier molecular flexibility index (Phi) is 9.10. The van der Waals surface area contributed by atoms with E-state index in [1.54, 1.807) is 18.1 Å². The Morgan fingerprint density at radius 3 is 2.88 bits per heavy atom. The minimum absolute atomic E-state index is 0.330. The predicted octanol–water partition coefficient (Wildman–Crippen LogP) is 5.44. The van der Waals surface area contributed by atoms with E-state index >= 15 is 0 Å². The summed E-state index contributed by atoms with van der Waals surface area (Å²) >= 11 is 7.70. The van der Waals surface area contributed by atoms with Gasteiger partial charge in [0.1, 0.15) is 11.8 Å². The molecule has 8 heteroatoms. The molecule has 2 N–H and O–H groups in total. The molecule has 170 valence electrons. The van der Waals surface area contributed by atoms with Gasteiger partial charge in [-0.15, -0.1) is 0 Å². The molecule has 0 radical (unpaired) electrons. The van der Waals surface area contributed by atoms with Crippen molar-refractivity contribution in [2.24, 2.45) is 5.92 Å². The molecule has 4 rings (SSSR count). The smallest absolute Gasteiger partial charge is 0.209 e. The van der Waals surface area contributed by atoms with Crippen molar-refractivity contribution in [1.82, 2.24) is 19.2 Å². The highest BCUT2D eigenvalue weighted by Crippen LogP contribution is 2.27. The van der Waals surface area contributed by atoms with Crippen LogP contribution < -0.4 is 4.72 Å². The Balaban J connectivity index is 0.000000269. The minimum atomic E-state index is 0.330. The lowest BCUT2D eigenvalue weighted by Crippen LogP contribution is -2.31. The molecule has 3 aromatic rings. The van der Waals surface area contributed by atoms with Gasteiger partial charge in [0.05, 0.1) is 5.02 Å². The molecule has 0 spiro atoms. The summed E-state index contributed by atoms with van der Waals surface area (Å²) in [7, 11) is 0. The molecular formula is C24H30ClN5OS. The number of amides is 1. The zero-order valence-corrected chi connectivity index (χ0v) is 20.1. The van der Waals surface area contributed by atoms with E-state index in [0.29, 0.717) is 11.7 Å². The number of carbonyl (C=O) groups excluding carboxylic acids is 1. The number of hydrogen-bond acceptors (Lipinski definition) is 4. The molecule has 0 saturated carbocycles. The van der Waals surface area contributed by atoms with Gasteiger partial charge in [0, 0.05) is 53.9 Å². The van der Waals surface area contributed by atoms with Crippen molar-refractivity contribution in [3.63, 3.8) is 0 Å². The first-order valence-electron chi connectivity index (χ1n) is 10.9. The van der Waals surface area contributed by atoms with Gasteiger partial charge >= 0.3 is 0 Å². The summed E-state index contributed by atoms with van der Waals surface area (Å²) in [4.78, 5) is 16.3. The lowest BCUT2D eigenvalue weighted by atomic mass is 10.00. The van der Waals surface area contributed by atoms with Gasteiger partial charge in [0.2, 0.25) is 6.41 Å². The third-order valence-electron chi connectivity index (χ3n) is 5.70. The number of aryl methyl sites for hydroxylation is 1. The fourth-order valence-electron chi connectivity index (χ4n) is 3.54. The van der Waals surface area contributed by atoms with E-state index < -0.39 is 0 Å². The first-order valence-corrected chi connectivity index (χ1v) is 12.1. The van der Waals surface area contributed by atoms with Crippen molar-refractivity contribution in [1.29, 1.82) is 5.26 Å². The van der Waals surface area contributed by atoms with E-state index in [9.17, 15) is 4.79 Å².